The molecular weight excluding hydrogens is 284 g/mol. The van der Waals surface area contributed by atoms with Crippen LogP contribution in [0, 0.1) is 0 Å². The minimum atomic E-state index is -0.664. The van der Waals surface area contributed by atoms with Crippen molar-refractivity contribution in [3.63, 3.8) is 0 Å². The molecule has 6 heteroatoms. The van der Waals surface area contributed by atoms with Crippen LogP contribution in [0.5, 0.6) is 5.75 Å². The number of nitrogens with one attached hydrogen (secondary N) is 2. The topological polar surface area (TPSA) is 80.6 Å². The summed E-state index contributed by atoms with van der Waals surface area (Å²) in [4.78, 5) is 23.8. The summed E-state index contributed by atoms with van der Waals surface area (Å²) in [5.41, 5.74) is 0.914. The molecule has 0 spiro atoms. The number of carbonyl (C=O) groups is 2. The number of furan rings is 1. The summed E-state index contributed by atoms with van der Waals surface area (Å²) in [5, 5.41) is 5.33. The lowest BCUT2D eigenvalue weighted by atomic mass is 10.2. The van der Waals surface area contributed by atoms with Crippen LogP contribution in [0.3, 0.4) is 0 Å². The lowest BCUT2D eigenvalue weighted by molar-refractivity contribution is -0.122. The third-order valence-corrected chi connectivity index (χ3v) is 3.09. The predicted octanol–water partition coefficient (Wildman–Crippen LogP) is 1.72. The van der Waals surface area contributed by atoms with Crippen molar-refractivity contribution in [2.45, 2.75) is 19.5 Å². The van der Waals surface area contributed by atoms with Gasteiger partial charge in [-0.25, -0.2) is 0 Å². The molecule has 0 fully saturated rings. The molecule has 6 nitrogen and oxygen atoms in total. The number of hydrogen-bond acceptors (Lipinski definition) is 4. The van der Waals surface area contributed by atoms with Gasteiger partial charge in [-0.3, -0.25) is 9.59 Å². The van der Waals surface area contributed by atoms with E-state index in [1.165, 1.54) is 12.3 Å². The molecular formula is C16H18N2O4. The first kappa shape index (κ1) is 15.6. The lowest BCUT2D eigenvalue weighted by Crippen LogP contribution is -2.44. The van der Waals surface area contributed by atoms with Gasteiger partial charge >= 0.3 is 0 Å². The summed E-state index contributed by atoms with van der Waals surface area (Å²) >= 11 is 0. The standard InChI is InChI=1S/C16H18N2O4/c1-11(18-16(20)14-7-4-8-22-14)15(19)17-10-12-5-3-6-13(9-12)21-2/h3-9,11H,10H2,1-2H3,(H,17,19)(H,18,20)/t11-/m1/s1. The smallest absolute Gasteiger partial charge is 0.287 e. The van der Waals surface area contributed by atoms with E-state index in [2.05, 4.69) is 10.6 Å². The van der Waals surface area contributed by atoms with Crippen LogP contribution < -0.4 is 15.4 Å². The third-order valence-electron chi connectivity index (χ3n) is 3.09. The average molecular weight is 302 g/mol. The Bertz CT molecular complexity index is 637. The van der Waals surface area contributed by atoms with Gasteiger partial charge in [-0.2, -0.15) is 0 Å². The molecule has 1 aromatic carbocycles. The third kappa shape index (κ3) is 4.12. The van der Waals surface area contributed by atoms with Crippen LogP contribution in [0.2, 0.25) is 0 Å². The maximum absolute atomic E-state index is 12.0. The summed E-state index contributed by atoms with van der Waals surface area (Å²) in [5.74, 6) is 0.204. The average Bonchev–Trinajstić information content (AvgIpc) is 3.07. The Labute approximate surface area is 128 Å². The maximum Gasteiger partial charge on any atom is 0.287 e. The van der Waals surface area contributed by atoms with Crippen LogP contribution in [0.1, 0.15) is 23.0 Å². The van der Waals surface area contributed by atoms with Crippen LogP contribution in [-0.4, -0.2) is 25.0 Å². The van der Waals surface area contributed by atoms with Crippen molar-refractivity contribution in [3.8, 4) is 5.75 Å². The zero-order chi connectivity index (χ0) is 15.9. The molecule has 2 aromatic rings. The van der Waals surface area contributed by atoms with Crippen molar-refractivity contribution < 1.29 is 18.7 Å². The van der Waals surface area contributed by atoms with Gasteiger partial charge in [0.1, 0.15) is 11.8 Å². The van der Waals surface area contributed by atoms with E-state index >= 15 is 0 Å². The first-order chi connectivity index (χ1) is 10.6. The Hall–Kier alpha value is -2.76. The first-order valence-electron chi connectivity index (χ1n) is 6.85. The minimum absolute atomic E-state index is 0.174. The number of benzene rings is 1. The molecule has 0 bridgehead atoms. The molecule has 2 rings (SSSR count). The van der Waals surface area contributed by atoms with E-state index in [0.29, 0.717) is 6.54 Å². The minimum Gasteiger partial charge on any atom is -0.497 e. The molecule has 0 radical (unpaired) electrons. The number of carbonyl (C=O) groups excluding carboxylic acids is 2. The van der Waals surface area contributed by atoms with Gasteiger partial charge in [0.15, 0.2) is 5.76 Å². The van der Waals surface area contributed by atoms with E-state index in [-0.39, 0.29) is 11.7 Å². The summed E-state index contributed by atoms with van der Waals surface area (Å²) in [7, 11) is 1.59. The summed E-state index contributed by atoms with van der Waals surface area (Å²) in [6.07, 6.45) is 1.41. The summed E-state index contributed by atoms with van der Waals surface area (Å²) in [6.45, 7) is 1.97. The predicted molar refractivity (Wildman–Crippen MR) is 80.5 cm³/mol. The van der Waals surface area contributed by atoms with Crippen LogP contribution in [-0.2, 0) is 11.3 Å². The van der Waals surface area contributed by atoms with Crippen LogP contribution in [0.15, 0.2) is 47.1 Å². The van der Waals surface area contributed by atoms with Gasteiger partial charge in [-0.05, 0) is 36.8 Å². The van der Waals surface area contributed by atoms with Crippen molar-refractivity contribution in [1.29, 1.82) is 0 Å². The normalized spacial score (nSPS) is 11.5. The molecule has 116 valence electrons. The van der Waals surface area contributed by atoms with E-state index < -0.39 is 11.9 Å². The Balaban J connectivity index is 1.84. The highest BCUT2D eigenvalue weighted by Crippen LogP contribution is 2.12. The second-order valence-electron chi connectivity index (χ2n) is 4.74. The molecule has 2 amide bonds. The Morgan fingerprint density at radius 1 is 1.27 bits per heavy atom. The number of amides is 2. The highest BCUT2D eigenvalue weighted by Gasteiger charge is 2.17. The van der Waals surface area contributed by atoms with E-state index in [4.69, 9.17) is 9.15 Å². The van der Waals surface area contributed by atoms with E-state index in [1.54, 1.807) is 20.1 Å². The van der Waals surface area contributed by atoms with Crippen molar-refractivity contribution >= 4 is 11.8 Å². The number of rotatable bonds is 6. The maximum atomic E-state index is 12.0. The van der Waals surface area contributed by atoms with E-state index in [9.17, 15) is 9.59 Å². The first-order valence-corrected chi connectivity index (χ1v) is 6.85. The molecule has 0 aliphatic carbocycles. The van der Waals surface area contributed by atoms with Gasteiger partial charge < -0.3 is 19.8 Å². The molecule has 2 N–H and O–H groups in total. The number of methoxy groups -OCH3 is 1. The fourth-order valence-electron chi connectivity index (χ4n) is 1.87. The summed E-state index contributed by atoms with van der Waals surface area (Å²) in [6, 6.07) is 9.89. The van der Waals surface area contributed by atoms with Gasteiger partial charge in [0.2, 0.25) is 5.91 Å². The largest absolute Gasteiger partial charge is 0.497 e. The molecule has 0 saturated carbocycles. The van der Waals surface area contributed by atoms with Gasteiger partial charge in [0.25, 0.3) is 5.91 Å². The zero-order valence-electron chi connectivity index (χ0n) is 12.5. The second-order valence-corrected chi connectivity index (χ2v) is 4.74. The second kappa shape index (κ2) is 7.31. The van der Waals surface area contributed by atoms with E-state index in [0.717, 1.165) is 11.3 Å². The molecule has 1 aromatic heterocycles. The highest BCUT2D eigenvalue weighted by molar-refractivity contribution is 5.95. The van der Waals surface area contributed by atoms with Gasteiger partial charge in [-0.15, -0.1) is 0 Å². The molecule has 0 aliphatic heterocycles. The SMILES string of the molecule is COc1cccc(CNC(=O)[C@@H](C)NC(=O)c2ccco2)c1. The molecule has 1 heterocycles. The fourth-order valence-corrected chi connectivity index (χ4v) is 1.87. The number of ether oxygens (including phenoxy) is 1. The lowest BCUT2D eigenvalue weighted by Gasteiger charge is -2.13. The molecule has 0 aliphatic rings. The fraction of sp³-hybridized carbons (Fsp3) is 0.250. The van der Waals surface area contributed by atoms with Gasteiger partial charge in [0, 0.05) is 6.54 Å². The van der Waals surface area contributed by atoms with E-state index in [1.807, 2.05) is 24.3 Å². The highest BCUT2D eigenvalue weighted by atomic mass is 16.5. The van der Waals surface area contributed by atoms with Crippen LogP contribution >= 0.6 is 0 Å². The van der Waals surface area contributed by atoms with Crippen molar-refractivity contribution in [3.05, 3.63) is 54.0 Å². The Morgan fingerprint density at radius 3 is 2.77 bits per heavy atom. The molecule has 0 unspecified atom stereocenters. The van der Waals surface area contributed by atoms with Crippen LogP contribution in [0.4, 0.5) is 0 Å². The van der Waals surface area contributed by atoms with Gasteiger partial charge in [-0.1, -0.05) is 12.1 Å². The molecule has 0 saturated heterocycles. The summed E-state index contributed by atoms with van der Waals surface area (Å²) < 4.78 is 10.1. The quantitative estimate of drug-likeness (QED) is 0.851. The number of hydrogen-bond donors (Lipinski definition) is 2. The monoisotopic (exact) mass is 302 g/mol. The van der Waals surface area contributed by atoms with Crippen molar-refractivity contribution in [2.24, 2.45) is 0 Å². The Morgan fingerprint density at radius 2 is 2.09 bits per heavy atom. The van der Waals surface area contributed by atoms with Crippen molar-refractivity contribution in [1.82, 2.24) is 10.6 Å². The molecule has 22 heavy (non-hydrogen) atoms. The van der Waals surface area contributed by atoms with Gasteiger partial charge in [0.05, 0.1) is 13.4 Å². The zero-order valence-corrected chi connectivity index (χ0v) is 12.5. The molecule has 1 atom stereocenters. The van der Waals surface area contributed by atoms with Crippen LogP contribution in [0.25, 0.3) is 0 Å². The Kier molecular flexibility index (Phi) is 5.19. The van der Waals surface area contributed by atoms with Crippen molar-refractivity contribution in [2.75, 3.05) is 7.11 Å².